The number of hydrogen-bond acceptors (Lipinski definition) is 3. The van der Waals surface area contributed by atoms with Crippen molar-refractivity contribution in [3.63, 3.8) is 0 Å². The van der Waals surface area contributed by atoms with Crippen LogP contribution in [0.5, 0.6) is 11.5 Å². The predicted molar refractivity (Wildman–Crippen MR) is 113 cm³/mol. The molecular formula is C22H18BrNO2S. The molecular weight excluding hydrogens is 422 g/mol. The van der Waals surface area contributed by atoms with E-state index in [4.69, 9.17) is 4.74 Å². The highest BCUT2D eigenvalue weighted by Crippen LogP contribution is 2.39. The van der Waals surface area contributed by atoms with Crippen molar-refractivity contribution in [3.8, 4) is 11.5 Å². The molecule has 3 aromatic carbocycles. The van der Waals surface area contributed by atoms with E-state index in [1.807, 2.05) is 71.6 Å². The summed E-state index contributed by atoms with van der Waals surface area (Å²) in [5.41, 5.74) is 1.83. The van der Waals surface area contributed by atoms with Crippen molar-refractivity contribution in [2.45, 2.75) is 5.37 Å². The largest absolute Gasteiger partial charge is 0.457 e. The lowest BCUT2D eigenvalue weighted by atomic mass is 10.1. The van der Waals surface area contributed by atoms with Gasteiger partial charge in [0.1, 0.15) is 16.9 Å². The summed E-state index contributed by atoms with van der Waals surface area (Å²) in [6, 6.07) is 25.2. The molecule has 1 aliphatic heterocycles. The molecule has 1 heterocycles. The van der Waals surface area contributed by atoms with Crippen molar-refractivity contribution in [3.05, 3.63) is 94.5 Å². The van der Waals surface area contributed by atoms with E-state index in [0.717, 1.165) is 33.8 Å². The standard InChI is InChI=1S/C22H18BrNO2S/c23-18-10-6-17(7-11-18)22-24(14-15-27-22)21(25)16-8-12-20(13-9-16)26-19-4-2-1-3-5-19/h1-13,22H,14-15H2. The summed E-state index contributed by atoms with van der Waals surface area (Å²) in [5, 5.41) is 0.0610. The Morgan fingerprint density at radius 3 is 2.30 bits per heavy atom. The first-order valence-corrected chi connectivity index (χ1v) is 10.6. The predicted octanol–water partition coefficient (Wildman–Crippen LogP) is 6.13. The lowest BCUT2D eigenvalue weighted by Gasteiger charge is -2.24. The van der Waals surface area contributed by atoms with Gasteiger partial charge in [0.25, 0.3) is 5.91 Å². The van der Waals surface area contributed by atoms with Crippen LogP contribution in [0.25, 0.3) is 0 Å². The summed E-state index contributed by atoms with van der Waals surface area (Å²) >= 11 is 5.27. The molecule has 0 radical (unpaired) electrons. The van der Waals surface area contributed by atoms with Crippen LogP contribution in [0.2, 0.25) is 0 Å². The van der Waals surface area contributed by atoms with Crippen LogP contribution in [-0.2, 0) is 0 Å². The van der Waals surface area contributed by atoms with Gasteiger partial charge < -0.3 is 9.64 Å². The first-order valence-electron chi connectivity index (χ1n) is 8.72. The molecule has 0 bridgehead atoms. The molecule has 27 heavy (non-hydrogen) atoms. The van der Waals surface area contributed by atoms with Gasteiger partial charge in [0.15, 0.2) is 0 Å². The summed E-state index contributed by atoms with van der Waals surface area (Å²) in [7, 11) is 0. The lowest BCUT2D eigenvalue weighted by molar-refractivity contribution is 0.0760. The summed E-state index contributed by atoms with van der Waals surface area (Å²) < 4.78 is 6.85. The number of carbonyl (C=O) groups is 1. The normalized spacial score (nSPS) is 16.3. The zero-order valence-electron chi connectivity index (χ0n) is 14.5. The highest BCUT2D eigenvalue weighted by Gasteiger charge is 2.31. The summed E-state index contributed by atoms with van der Waals surface area (Å²) in [6.07, 6.45) is 0. The molecule has 1 aliphatic rings. The zero-order chi connectivity index (χ0) is 18.6. The molecule has 0 saturated carbocycles. The highest BCUT2D eigenvalue weighted by molar-refractivity contribution is 9.10. The van der Waals surface area contributed by atoms with Crippen LogP contribution in [0.1, 0.15) is 21.3 Å². The van der Waals surface area contributed by atoms with E-state index in [1.165, 1.54) is 0 Å². The van der Waals surface area contributed by atoms with Gasteiger partial charge in [-0.25, -0.2) is 0 Å². The number of thioether (sulfide) groups is 1. The summed E-state index contributed by atoms with van der Waals surface area (Å²) in [4.78, 5) is 15.0. The van der Waals surface area contributed by atoms with E-state index in [-0.39, 0.29) is 11.3 Å². The maximum absolute atomic E-state index is 13.0. The minimum absolute atomic E-state index is 0.0548. The Hall–Kier alpha value is -2.24. The van der Waals surface area contributed by atoms with Gasteiger partial charge in [-0.3, -0.25) is 4.79 Å². The Morgan fingerprint density at radius 2 is 1.59 bits per heavy atom. The molecule has 1 amide bonds. The lowest BCUT2D eigenvalue weighted by Crippen LogP contribution is -2.30. The first-order chi connectivity index (χ1) is 13.2. The maximum Gasteiger partial charge on any atom is 0.255 e. The number of para-hydroxylation sites is 1. The van der Waals surface area contributed by atoms with Gasteiger partial charge in [0, 0.05) is 22.3 Å². The first kappa shape index (κ1) is 18.1. The third kappa shape index (κ3) is 4.20. The summed E-state index contributed by atoms with van der Waals surface area (Å²) in [5.74, 6) is 2.50. The Labute approximate surface area is 171 Å². The molecule has 136 valence electrons. The molecule has 4 rings (SSSR count). The van der Waals surface area contributed by atoms with Crippen molar-refractivity contribution in [1.29, 1.82) is 0 Å². The third-order valence-electron chi connectivity index (χ3n) is 4.39. The SMILES string of the molecule is O=C(c1ccc(Oc2ccccc2)cc1)N1CCSC1c1ccc(Br)cc1. The van der Waals surface area contributed by atoms with Crippen molar-refractivity contribution in [1.82, 2.24) is 4.90 Å². The van der Waals surface area contributed by atoms with Crippen molar-refractivity contribution >= 4 is 33.6 Å². The number of amides is 1. The molecule has 3 aromatic rings. The van der Waals surface area contributed by atoms with Crippen LogP contribution in [0.15, 0.2) is 83.3 Å². The van der Waals surface area contributed by atoms with Gasteiger partial charge in [-0.1, -0.05) is 46.3 Å². The quantitative estimate of drug-likeness (QED) is 0.489. The topological polar surface area (TPSA) is 29.5 Å². The number of benzene rings is 3. The maximum atomic E-state index is 13.0. The average molecular weight is 440 g/mol. The minimum atomic E-state index is 0.0548. The molecule has 1 fully saturated rings. The zero-order valence-corrected chi connectivity index (χ0v) is 16.9. The number of rotatable bonds is 4. The highest BCUT2D eigenvalue weighted by atomic mass is 79.9. The third-order valence-corrected chi connectivity index (χ3v) is 6.18. The molecule has 1 unspecified atom stereocenters. The fourth-order valence-corrected chi connectivity index (χ4v) is 4.56. The second-order valence-electron chi connectivity index (χ2n) is 6.21. The van der Waals surface area contributed by atoms with Crippen LogP contribution < -0.4 is 4.74 Å². The fraction of sp³-hybridized carbons (Fsp3) is 0.136. The van der Waals surface area contributed by atoms with Crippen molar-refractivity contribution in [2.75, 3.05) is 12.3 Å². The molecule has 1 saturated heterocycles. The number of halogens is 1. The van der Waals surface area contributed by atoms with E-state index in [1.54, 1.807) is 11.8 Å². The van der Waals surface area contributed by atoms with Gasteiger partial charge in [0.05, 0.1) is 0 Å². The Kier molecular flexibility index (Phi) is 5.50. The van der Waals surface area contributed by atoms with E-state index in [9.17, 15) is 4.79 Å². The molecule has 0 spiro atoms. The van der Waals surface area contributed by atoms with Crippen LogP contribution in [0.4, 0.5) is 0 Å². The second-order valence-corrected chi connectivity index (χ2v) is 8.32. The second kappa shape index (κ2) is 8.19. The van der Waals surface area contributed by atoms with E-state index in [2.05, 4.69) is 28.1 Å². The van der Waals surface area contributed by atoms with Crippen molar-refractivity contribution < 1.29 is 9.53 Å². The molecule has 0 N–H and O–H groups in total. The smallest absolute Gasteiger partial charge is 0.255 e. The van der Waals surface area contributed by atoms with Gasteiger partial charge in [-0.15, -0.1) is 11.8 Å². The fourth-order valence-electron chi connectivity index (χ4n) is 3.04. The Morgan fingerprint density at radius 1 is 0.926 bits per heavy atom. The Bertz CT molecular complexity index is 913. The van der Waals surface area contributed by atoms with E-state index in [0.29, 0.717) is 5.56 Å². The van der Waals surface area contributed by atoms with Crippen LogP contribution in [0, 0.1) is 0 Å². The number of nitrogens with zero attached hydrogens (tertiary/aromatic N) is 1. The minimum Gasteiger partial charge on any atom is -0.457 e. The average Bonchev–Trinajstić information content (AvgIpc) is 3.19. The molecule has 5 heteroatoms. The van der Waals surface area contributed by atoms with Gasteiger partial charge in [-0.05, 0) is 54.1 Å². The van der Waals surface area contributed by atoms with E-state index >= 15 is 0 Å². The van der Waals surface area contributed by atoms with Crippen LogP contribution in [-0.4, -0.2) is 23.1 Å². The summed E-state index contributed by atoms with van der Waals surface area (Å²) in [6.45, 7) is 0.756. The number of carbonyl (C=O) groups excluding carboxylic acids is 1. The van der Waals surface area contributed by atoms with Gasteiger partial charge >= 0.3 is 0 Å². The Balaban J connectivity index is 1.49. The molecule has 3 nitrogen and oxygen atoms in total. The van der Waals surface area contributed by atoms with Gasteiger partial charge in [-0.2, -0.15) is 0 Å². The van der Waals surface area contributed by atoms with Crippen molar-refractivity contribution in [2.24, 2.45) is 0 Å². The number of ether oxygens (including phenoxy) is 1. The molecule has 0 aromatic heterocycles. The molecule has 1 atom stereocenters. The number of hydrogen-bond donors (Lipinski definition) is 0. The molecule has 0 aliphatic carbocycles. The monoisotopic (exact) mass is 439 g/mol. The van der Waals surface area contributed by atoms with Gasteiger partial charge in [0.2, 0.25) is 0 Å². The van der Waals surface area contributed by atoms with Crippen LogP contribution >= 0.6 is 27.7 Å². The van der Waals surface area contributed by atoms with Crippen LogP contribution in [0.3, 0.4) is 0 Å². The van der Waals surface area contributed by atoms with E-state index < -0.39 is 0 Å².